The number of rotatable bonds is 4. The minimum absolute atomic E-state index is 0. The Bertz CT molecular complexity index is 739. The predicted molar refractivity (Wildman–Crippen MR) is 98.8 cm³/mol. The fraction of sp³-hybridized carbons (Fsp3) is 0.143. The van der Waals surface area contributed by atoms with Gasteiger partial charge in [0.1, 0.15) is 6.20 Å². The van der Waals surface area contributed by atoms with Crippen LogP contribution in [0.1, 0.15) is 18.9 Å². The molecule has 2 aromatic rings. The number of benzene rings is 1. The Labute approximate surface area is 218 Å². The molecule has 0 aliphatic carbocycles. The van der Waals surface area contributed by atoms with E-state index in [-0.39, 0.29) is 92.2 Å². The van der Waals surface area contributed by atoms with Crippen molar-refractivity contribution in [3.8, 4) is 0 Å². The smallest absolute Gasteiger partial charge is 0.378 e. The summed E-state index contributed by atoms with van der Waals surface area (Å²) in [6, 6.07) is 6.31. The minimum Gasteiger partial charge on any atom is -0.378 e. The second kappa shape index (κ2) is 14.4. The largest absolute Gasteiger partial charge is 1.00 e. The van der Waals surface area contributed by atoms with Gasteiger partial charge in [-0.05, 0) is 35.6 Å². The van der Waals surface area contributed by atoms with E-state index in [1.807, 2.05) is 13.8 Å². The molecule has 1 aromatic carbocycles. The number of nitrogens with zero attached hydrogens (tertiary/aromatic N) is 3. The number of nitrogens with one attached hydrogen (secondary N) is 1. The van der Waals surface area contributed by atoms with E-state index in [9.17, 15) is 14.9 Å². The second-order valence-corrected chi connectivity index (χ2v) is 5.19. The predicted octanol–water partition coefficient (Wildman–Crippen LogP) is 1.05. The van der Waals surface area contributed by atoms with E-state index in [1.54, 1.807) is 24.3 Å². The number of oxime groups is 1. The van der Waals surface area contributed by atoms with Crippen molar-refractivity contribution >= 4 is 45.6 Å². The molecule has 0 fully saturated rings. The molecule has 0 radical (unpaired) electrons. The Morgan fingerprint density at radius 1 is 1.38 bits per heavy atom. The van der Waals surface area contributed by atoms with E-state index in [0.29, 0.717) is 22.0 Å². The van der Waals surface area contributed by atoms with Crippen molar-refractivity contribution < 1.29 is 83.4 Å². The number of thiazole rings is 1. The van der Waals surface area contributed by atoms with Crippen LogP contribution >= 0.6 is 22.9 Å². The maximum atomic E-state index is 11.5. The molecule has 0 saturated heterocycles. The number of amides is 1. The minimum atomic E-state index is -0.878. The monoisotopic (exact) mass is 519 g/mol. The Morgan fingerprint density at radius 2 is 1.96 bits per heavy atom. The average molecular weight is 520 g/mol. The summed E-state index contributed by atoms with van der Waals surface area (Å²) in [4.78, 5) is 29.6. The summed E-state index contributed by atoms with van der Waals surface area (Å²) in [5.41, 5.74) is 5.97. The van der Waals surface area contributed by atoms with E-state index >= 15 is 0 Å². The van der Waals surface area contributed by atoms with E-state index in [4.69, 9.17) is 17.3 Å². The summed E-state index contributed by atoms with van der Waals surface area (Å²) < 4.78 is 0. The van der Waals surface area contributed by atoms with Crippen molar-refractivity contribution in [2.75, 3.05) is 5.32 Å². The normalized spacial score (nSPS) is 9.58. The molecular formula is C14H17ClCsN5O4S. The van der Waals surface area contributed by atoms with Crippen LogP contribution in [0.25, 0.3) is 0 Å². The van der Waals surface area contributed by atoms with Gasteiger partial charge in [0.05, 0.1) is 4.92 Å². The molecule has 3 N–H and O–H groups in total. The summed E-state index contributed by atoms with van der Waals surface area (Å²) >= 11 is 6.42. The molecule has 1 heterocycles. The van der Waals surface area contributed by atoms with Gasteiger partial charge in [0.25, 0.3) is 0 Å². The van der Waals surface area contributed by atoms with Gasteiger partial charge < -0.3 is 13.2 Å². The maximum Gasteiger partial charge on any atom is 1.00 e. The number of hydrogen-bond donors (Lipinski definition) is 2. The molecule has 0 aliphatic heterocycles. The summed E-state index contributed by atoms with van der Waals surface area (Å²) in [6.07, 6.45) is 0.159. The van der Waals surface area contributed by atoms with Crippen molar-refractivity contribution in [2.45, 2.75) is 13.8 Å². The fourth-order valence-corrected chi connectivity index (χ4v) is 2.02. The van der Waals surface area contributed by atoms with Crippen LogP contribution in [-0.2, 0) is 4.84 Å². The summed E-state index contributed by atoms with van der Waals surface area (Å²) in [5, 5.41) is 16.7. The maximum absolute atomic E-state index is 11.5. The van der Waals surface area contributed by atoms with Crippen molar-refractivity contribution in [3.63, 3.8) is 0 Å². The van der Waals surface area contributed by atoms with Crippen LogP contribution < -0.4 is 79.9 Å². The fourth-order valence-electron chi connectivity index (χ4n) is 1.27. The number of hydrogen-bond acceptors (Lipinski definition) is 7. The van der Waals surface area contributed by atoms with E-state index in [2.05, 4.69) is 20.3 Å². The molecular weight excluding hydrogens is 503 g/mol. The van der Waals surface area contributed by atoms with Crippen LogP contribution in [-0.4, -0.2) is 21.8 Å². The molecule has 0 saturated carbocycles. The van der Waals surface area contributed by atoms with Gasteiger partial charge in [0.2, 0.25) is 0 Å². The molecule has 0 aliphatic rings. The first-order valence-corrected chi connectivity index (χ1v) is 7.83. The molecule has 1 amide bonds. The van der Waals surface area contributed by atoms with Gasteiger partial charge in [-0.25, -0.2) is 9.78 Å². The summed E-state index contributed by atoms with van der Waals surface area (Å²) in [7, 11) is 0. The van der Waals surface area contributed by atoms with Gasteiger partial charge in [0.15, 0.2) is 10.8 Å². The van der Waals surface area contributed by atoms with Gasteiger partial charge >= 0.3 is 80.0 Å². The van der Waals surface area contributed by atoms with Crippen molar-refractivity contribution in [1.29, 1.82) is 0 Å². The molecule has 0 atom stereocenters. The van der Waals surface area contributed by atoms with Crippen LogP contribution in [0.5, 0.6) is 0 Å². The topological polar surface area (TPSA) is 133 Å². The second-order valence-electron chi connectivity index (χ2n) is 3.75. The molecule has 9 nitrogen and oxygen atoms in total. The Hall–Kier alpha value is -0.668. The third-order valence-corrected chi connectivity index (χ3v) is 3.43. The number of nitro groups is 1. The number of halogens is 1. The Morgan fingerprint density at radius 3 is 2.46 bits per heavy atom. The Balaban J connectivity index is 0. The van der Waals surface area contributed by atoms with Crippen molar-refractivity contribution in [2.24, 2.45) is 10.9 Å². The Kier molecular flexibility index (Phi) is 15.3. The van der Waals surface area contributed by atoms with Gasteiger partial charge in [0, 0.05) is 10.7 Å². The molecule has 1 aromatic heterocycles. The zero-order valence-electron chi connectivity index (χ0n) is 14.7. The van der Waals surface area contributed by atoms with Crippen LogP contribution in [0, 0.1) is 17.5 Å². The van der Waals surface area contributed by atoms with Crippen LogP contribution in [0.2, 0.25) is 5.02 Å². The van der Waals surface area contributed by atoms with E-state index in [1.165, 1.54) is 0 Å². The molecule has 12 heteroatoms. The van der Waals surface area contributed by atoms with Crippen molar-refractivity contribution in [3.05, 3.63) is 58.0 Å². The first-order valence-electron chi connectivity index (χ1n) is 6.63. The molecule has 0 bridgehead atoms. The van der Waals surface area contributed by atoms with Crippen LogP contribution in [0.4, 0.5) is 15.5 Å². The molecule has 136 valence electrons. The summed E-state index contributed by atoms with van der Waals surface area (Å²) in [6.45, 7) is 4.00. The number of nitrogens with two attached hydrogens (primary N) is 1. The number of carbonyl (C=O) groups is 1. The third-order valence-electron chi connectivity index (χ3n) is 2.21. The van der Waals surface area contributed by atoms with Gasteiger partial charge in [-0.3, -0.25) is 20.3 Å². The van der Waals surface area contributed by atoms with Gasteiger partial charge in [-0.15, -0.1) is 0 Å². The quantitative estimate of drug-likeness (QED) is 0.155. The van der Waals surface area contributed by atoms with Gasteiger partial charge in [-0.2, -0.15) is 0 Å². The van der Waals surface area contributed by atoms with Crippen LogP contribution in [0.3, 0.4) is 0 Å². The third kappa shape index (κ3) is 9.32. The number of amidine groups is 1. The van der Waals surface area contributed by atoms with Gasteiger partial charge in [-0.1, -0.05) is 30.6 Å². The zero-order chi connectivity index (χ0) is 18.1. The number of carbonyl (C=O) groups excluding carboxylic acids is 1. The molecule has 0 spiro atoms. The first-order chi connectivity index (χ1) is 11.5. The molecule has 26 heavy (non-hydrogen) atoms. The zero-order valence-corrected chi connectivity index (χ0v) is 22.6. The summed E-state index contributed by atoms with van der Waals surface area (Å²) in [5.74, 6) is -0.246. The standard InChI is InChI=1S/C11H8ClN5O4S.C2H6.CH3.Cs/c12-6-1-3-7(4-2-6)15-11(18)21-16-9(13)10-14-5-8(22-10)17(19)20;1-2;;/h1-5H,(H2,13,16)(H,15,18);1-2H3;1H3;/q;;-1;+1. The first kappa shape index (κ1) is 27.5. The van der Waals surface area contributed by atoms with Crippen LogP contribution in [0.15, 0.2) is 35.6 Å². The molecule has 2 rings (SSSR count). The number of aromatic nitrogens is 1. The number of anilines is 1. The molecule has 0 unspecified atom stereocenters. The SMILES string of the molecule is CC.N/C(=N/OC(=O)Nc1ccc(Cl)cc1)c1ncc([N+](=O)[O-])s1.[CH3-].[Cs+]. The van der Waals surface area contributed by atoms with Crippen molar-refractivity contribution in [1.82, 2.24) is 4.98 Å². The van der Waals surface area contributed by atoms with E-state index < -0.39 is 11.0 Å². The average Bonchev–Trinajstić information content (AvgIpc) is 3.07. The van der Waals surface area contributed by atoms with E-state index in [0.717, 1.165) is 6.20 Å².